The third kappa shape index (κ3) is 2.68. The minimum Gasteiger partial charge on any atom is -0.314 e. The van der Waals surface area contributed by atoms with Gasteiger partial charge in [0.05, 0.1) is 0 Å². The monoisotopic (exact) mass is 366 g/mol. The van der Waals surface area contributed by atoms with Crippen LogP contribution >= 0.6 is 23.2 Å². The molecule has 0 fully saturated rings. The number of hydrogen-bond acceptors (Lipinski definition) is 3. The Hall–Kier alpha value is -0.546. The summed E-state index contributed by atoms with van der Waals surface area (Å²) < 4.78 is 1.47. The quantitative estimate of drug-likeness (QED) is 0.621. The van der Waals surface area contributed by atoms with E-state index in [0.717, 1.165) is 11.3 Å². The van der Waals surface area contributed by atoms with Crippen LogP contribution in [0.15, 0.2) is 24.5 Å². The van der Waals surface area contributed by atoms with E-state index in [4.69, 9.17) is 23.2 Å². The number of benzene rings is 1. The first-order valence-electron chi connectivity index (χ1n) is 5.21. The molecular weight excluding hydrogens is 360 g/mol. The number of rotatable bonds is 1. The fourth-order valence-electron chi connectivity index (χ4n) is 1.76. The van der Waals surface area contributed by atoms with Crippen LogP contribution in [-0.2, 0) is 32.7 Å². The third-order valence-electron chi connectivity index (χ3n) is 2.59. The number of nitrogens with zero attached hydrogens (tertiary/aromatic N) is 4. The molecule has 0 saturated carbocycles. The molecule has 0 spiro atoms. The van der Waals surface area contributed by atoms with Crippen LogP contribution in [0.25, 0.3) is 16.9 Å². The first-order chi connectivity index (χ1) is 8.66. The van der Waals surface area contributed by atoms with E-state index in [-0.39, 0.29) is 32.7 Å². The molecule has 0 unspecified atom stereocenters. The largest absolute Gasteiger partial charge is 0.314 e. The van der Waals surface area contributed by atoms with Crippen LogP contribution in [0.5, 0.6) is 0 Å². The van der Waals surface area contributed by atoms with Crippen molar-refractivity contribution in [2.75, 3.05) is 0 Å². The Bertz CT molecular complexity index is 721. The van der Waals surface area contributed by atoms with Crippen LogP contribution in [0, 0.1) is 13.1 Å². The topological polar surface area (TPSA) is 43.1 Å². The molecule has 0 atom stereocenters. The Morgan fingerprint density at radius 2 is 1.89 bits per heavy atom. The number of aryl methyl sites for hydroxylation is 1. The molecule has 4 nitrogen and oxygen atoms in total. The van der Waals surface area contributed by atoms with E-state index < -0.39 is 0 Å². The molecule has 1 aromatic carbocycles. The second-order valence-electron chi connectivity index (χ2n) is 3.75. The predicted molar refractivity (Wildman–Crippen MR) is 69.8 cm³/mol. The molecule has 0 saturated heterocycles. The molecule has 2 heterocycles. The molecule has 0 aliphatic heterocycles. The van der Waals surface area contributed by atoms with E-state index in [2.05, 4.69) is 21.3 Å². The molecule has 19 heavy (non-hydrogen) atoms. The summed E-state index contributed by atoms with van der Waals surface area (Å²) >= 11 is 12.4. The number of halogens is 2. The van der Waals surface area contributed by atoms with Gasteiger partial charge in [-0.3, -0.25) is 4.52 Å². The van der Waals surface area contributed by atoms with Crippen LogP contribution < -0.4 is 0 Å². The minimum atomic E-state index is 0. The maximum Gasteiger partial charge on any atom is 0.166 e. The Morgan fingerprint density at radius 3 is 2.58 bits per heavy atom. The number of fused-ring (bicyclic) bond motifs is 1. The molecule has 0 aliphatic carbocycles. The fourth-order valence-corrected chi connectivity index (χ4v) is 2.34. The molecule has 7 heteroatoms. The van der Waals surface area contributed by atoms with Crippen molar-refractivity contribution in [2.24, 2.45) is 0 Å². The van der Waals surface area contributed by atoms with Crippen LogP contribution in [0.1, 0.15) is 5.69 Å². The zero-order chi connectivity index (χ0) is 12.7. The van der Waals surface area contributed by atoms with E-state index >= 15 is 0 Å². The summed E-state index contributed by atoms with van der Waals surface area (Å²) in [6.07, 6.45) is 4.51. The summed E-state index contributed by atoms with van der Waals surface area (Å²) in [5, 5.41) is 5.12. The first kappa shape index (κ1) is 14.9. The Labute approximate surface area is 145 Å². The second-order valence-corrected chi connectivity index (χ2v) is 4.57. The van der Waals surface area contributed by atoms with Gasteiger partial charge < -0.3 is 4.98 Å². The zero-order valence-corrected chi connectivity index (χ0v) is 14.3. The zero-order valence-electron chi connectivity index (χ0n) is 9.93. The van der Waals surface area contributed by atoms with Gasteiger partial charge in [0.15, 0.2) is 5.78 Å². The van der Waals surface area contributed by atoms with Gasteiger partial charge in [0.25, 0.3) is 0 Å². The summed E-state index contributed by atoms with van der Waals surface area (Å²) in [4.78, 5) is 8.34. The summed E-state index contributed by atoms with van der Waals surface area (Å²) in [7, 11) is 0. The molecule has 0 bridgehead atoms. The fraction of sp³-hybridized carbons (Fsp3) is 0.0833. The smallest absolute Gasteiger partial charge is 0.166 e. The minimum absolute atomic E-state index is 0. The molecule has 93 valence electrons. The normalized spacial score (nSPS) is 10.5. The summed E-state index contributed by atoms with van der Waals surface area (Å²) in [5.41, 5.74) is 2.19. The van der Waals surface area contributed by atoms with Crippen molar-refractivity contribution >= 4 is 29.0 Å². The van der Waals surface area contributed by atoms with E-state index in [1.165, 1.54) is 10.8 Å². The predicted octanol–water partition coefficient (Wildman–Crippen LogP) is 3.20. The van der Waals surface area contributed by atoms with Crippen molar-refractivity contribution in [2.45, 2.75) is 6.92 Å². The third-order valence-corrected chi connectivity index (χ3v) is 3.22. The number of hydrogen-bond donors (Lipinski definition) is 0. The van der Waals surface area contributed by atoms with Crippen molar-refractivity contribution < 1.29 is 32.7 Å². The molecule has 0 aliphatic rings. The Balaban J connectivity index is 0.00000133. The van der Waals surface area contributed by atoms with Crippen LogP contribution in [0.2, 0.25) is 10.0 Å². The van der Waals surface area contributed by atoms with Gasteiger partial charge in [-0.2, -0.15) is 5.10 Å². The molecule has 0 amide bonds. The van der Waals surface area contributed by atoms with Crippen molar-refractivity contribution in [1.82, 2.24) is 19.6 Å². The molecule has 0 N–H and O–H groups in total. The summed E-state index contributed by atoms with van der Waals surface area (Å²) in [6, 6.07) is 5.36. The van der Waals surface area contributed by atoms with Gasteiger partial charge in [0.1, 0.15) is 6.33 Å². The second kappa shape index (κ2) is 5.84. The molecule has 3 rings (SSSR count). The van der Waals surface area contributed by atoms with Gasteiger partial charge in [0.2, 0.25) is 0 Å². The Morgan fingerprint density at radius 1 is 1.21 bits per heavy atom. The average molecular weight is 367 g/mol. The van der Waals surface area contributed by atoms with Crippen LogP contribution in [0.4, 0.5) is 0 Å². The van der Waals surface area contributed by atoms with Crippen LogP contribution in [0.3, 0.4) is 0 Å². The van der Waals surface area contributed by atoms with E-state index in [0.29, 0.717) is 21.4 Å². The van der Waals surface area contributed by atoms with Crippen molar-refractivity contribution in [3.63, 3.8) is 0 Å². The molecular formula is C12H7Cl2N4Y-. The summed E-state index contributed by atoms with van der Waals surface area (Å²) in [6.45, 7) is 1.86. The maximum atomic E-state index is 6.18. The van der Waals surface area contributed by atoms with Crippen LogP contribution in [-0.4, -0.2) is 19.6 Å². The van der Waals surface area contributed by atoms with Gasteiger partial charge in [0, 0.05) is 42.8 Å². The van der Waals surface area contributed by atoms with Gasteiger partial charge in [-0.15, -0.1) is 5.56 Å². The van der Waals surface area contributed by atoms with Gasteiger partial charge in [-0.05, 0) is 11.9 Å². The van der Waals surface area contributed by atoms with Crippen molar-refractivity contribution in [3.8, 4) is 11.1 Å². The molecule has 2 aromatic heterocycles. The number of aromatic nitrogens is 4. The Kier molecular flexibility index (Phi) is 4.56. The standard InChI is InChI=1S/C12H7Cl2N4.Y/c1-7-8(5-18-12(17-7)15-6-16-18)11-9(13)3-2-4-10(11)14;/h2-4,6H,1H3;/q-1;. The SMILES string of the molecule is Cc1nc2ncnn2[c-]c1-c1c(Cl)cccc1Cl.[Y]. The van der Waals surface area contributed by atoms with E-state index in [1.54, 1.807) is 18.2 Å². The first-order valence-corrected chi connectivity index (χ1v) is 5.96. The summed E-state index contributed by atoms with van der Waals surface area (Å²) in [5.74, 6) is 0.499. The van der Waals surface area contributed by atoms with Gasteiger partial charge >= 0.3 is 0 Å². The van der Waals surface area contributed by atoms with Crippen molar-refractivity contribution in [1.29, 1.82) is 0 Å². The maximum absolute atomic E-state index is 6.18. The van der Waals surface area contributed by atoms with E-state index in [9.17, 15) is 0 Å². The van der Waals surface area contributed by atoms with Gasteiger partial charge in [-0.25, -0.2) is 4.98 Å². The molecule has 1 radical (unpaired) electrons. The van der Waals surface area contributed by atoms with Gasteiger partial charge in [-0.1, -0.05) is 53.9 Å². The van der Waals surface area contributed by atoms with Crippen molar-refractivity contribution in [3.05, 3.63) is 46.5 Å². The average Bonchev–Trinajstić information content (AvgIpc) is 2.76. The van der Waals surface area contributed by atoms with E-state index in [1.807, 2.05) is 6.92 Å². The molecule has 3 aromatic rings.